The number of unbranched alkanes of at least 4 members (excludes halogenated alkanes) is 6. The lowest BCUT2D eigenvalue weighted by Gasteiger charge is -2.39. The van der Waals surface area contributed by atoms with Gasteiger partial charge in [0.15, 0.2) is 0 Å². The first-order valence-electron chi connectivity index (χ1n) is 8.42. The highest BCUT2D eigenvalue weighted by atomic mass is 16.2. The zero-order valence-corrected chi connectivity index (χ0v) is 13.9. The van der Waals surface area contributed by atoms with Crippen LogP contribution >= 0.6 is 0 Å². The average molecular weight is 336 g/mol. The standard InChI is InChI=1S/C16H24N4O4/c21-13-17-9-5-1-3-7-11-19-15(23)20(16(19)24)12-8-4-2-6-10-18-14-22/h1-12H2. The van der Waals surface area contributed by atoms with Crippen LogP contribution in [-0.2, 0) is 9.59 Å². The minimum Gasteiger partial charge on any atom is -0.247 e. The van der Waals surface area contributed by atoms with Gasteiger partial charge in [0.05, 0.1) is 13.1 Å². The van der Waals surface area contributed by atoms with Crippen LogP contribution in [0.15, 0.2) is 9.98 Å². The third-order valence-electron chi connectivity index (χ3n) is 3.86. The fraction of sp³-hybridized carbons (Fsp3) is 0.750. The third-order valence-corrected chi connectivity index (χ3v) is 3.86. The molecule has 0 aromatic carbocycles. The molecule has 0 unspecified atom stereocenters. The molecule has 1 aliphatic heterocycles. The summed E-state index contributed by atoms with van der Waals surface area (Å²) in [5, 5.41) is 0. The van der Waals surface area contributed by atoms with Crippen LogP contribution in [-0.4, -0.2) is 60.2 Å². The van der Waals surface area contributed by atoms with Crippen molar-refractivity contribution in [1.82, 2.24) is 9.80 Å². The number of carbonyl (C=O) groups excluding carboxylic acids is 4. The van der Waals surface area contributed by atoms with Crippen LogP contribution in [0.5, 0.6) is 0 Å². The van der Waals surface area contributed by atoms with E-state index in [-0.39, 0.29) is 12.1 Å². The summed E-state index contributed by atoms with van der Waals surface area (Å²) in [4.78, 5) is 53.1. The number of isocyanates is 2. The van der Waals surface area contributed by atoms with E-state index in [1.54, 1.807) is 0 Å². The van der Waals surface area contributed by atoms with Crippen molar-refractivity contribution in [3.63, 3.8) is 0 Å². The highest BCUT2D eigenvalue weighted by molar-refractivity contribution is 6.11. The summed E-state index contributed by atoms with van der Waals surface area (Å²) in [6.45, 7) is 1.88. The summed E-state index contributed by atoms with van der Waals surface area (Å²) in [5.74, 6) is 0. The van der Waals surface area contributed by atoms with Gasteiger partial charge in [-0.25, -0.2) is 39.0 Å². The SMILES string of the molecule is O=C=NCCCCCCN1C(=O)N(CCCCCCN=C=O)C1=O. The number of hydrogen-bond donors (Lipinski definition) is 0. The van der Waals surface area contributed by atoms with Gasteiger partial charge in [0.25, 0.3) is 0 Å². The third kappa shape index (κ3) is 6.86. The fourth-order valence-corrected chi connectivity index (χ4v) is 2.51. The maximum atomic E-state index is 11.9. The summed E-state index contributed by atoms with van der Waals surface area (Å²) in [6, 6.07) is -0.424. The van der Waals surface area contributed by atoms with Gasteiger partial charge in [-0.05, 0) is 25.7 Å². The minimum atomic E-state index is -0.212. The molecule has 4 amide bonds. The van der Waals surface area contributed by atoms with Gasteiger partial charge >= 0.3 is 12.1 Å². The fourth-order valence-electron chi connectivity index (χ4n) is 2.51. The summed E-state index contributed by atoms with van der Waals surface area (Å²) in [7, 11) is 0. The largest absolute Gasteiger partial charge is 0.336 e. The Balaban J connectivity index is 2.05. The first-order valence-corrected chi connectivity index (χ1v) is 8.42. The maximum Gasteiger partial charge on any atom is 0.336 e. The molecule has 0 atom stereocenters. The number of urea groups is 2. The molecule has 0 N–H and O–H groups in total. The lowest BCUT2D eigenvalue weighted by atomic mass is 10.1. The second kappa shape index (κ2) is 12.2. The number of hydrogen-bond acceptors (Lipinski definition) is 6. The Morgan fingerprint density at radius 3 is 1.38 bits per heavy atom. The molecule has 24 heavy (non-hydrogen) atoms. The number of nitrogens with zero attached hydrogens (tertiary/aromatic N) is 4. The van der Waals surface area contributed by atoms with Crippen LogP contribution in [0.1, 0.15) is 51.4 Å². The number of imide groups is 2. The molecular formula is C16H24N4O4. The molecule has 132 valence electrons. The van der Waals surface area contributed by atoms with Crippen molar-refractivity contribution in [3.8, 4) is 0 Å². The molecule has 8 nitrogen and oxygen atoms in total. The average Bonchev–Trinajstić information content (AvgIpc) is 2.59. The molecule has 0 radical (unpaired) electrons. The lowest BCUT2D eigenvalue weighted by molar-refractivity contribution is 0.104. The molecule has 1 rings (SSSR count). The van der Waals surface area contributed by atoms with Crippen LogP contribution in [0.4, 0.5) is 9.59 Å². The lowest BCUT2D eigenvalue weighted by Crippen LogP contribution is -2.64. The van der Waals surface area contributed by atoms with Crippen LogP contribution in [0.3, 0.4) is 0 Å². The van der Waals surface area contributed by atoms with E-state index in [1.165, 1.54) is 22.0 Å². The minimum absolute atomic E-state index is 0.212. The van der Waals surface area contributed by atoms with Crippen LogP contribution in [0.2, 0.25) is 0 Å². The van der Waals surface area contributed by atoms with E-state index < -0.39 is 0 Å². The molecule has 8 heteroatoms. The van der Waals surface area contributed by atoms with Gasteiger partial charge in [0, 0.05) is 13.1 Å². The smallest absolute Gasteiger partial charge is 0.247 e. The number of carbonyl (C=O) groups is 2. The Hall–Kier alpha value is -2.30. The number of amides is 4. The van der Waals surface area contributed by atoms with E-state index in [4.69, 9.17) is 0 Å². The Bertz CT molecular complexity index is 452. The molecule has 0 aromatic heterocycles. The van der Waals surface area contributed by atoms with Gasteiger partial charge in [-0.15, -0.1) is 0 Å². The molecule has 0 bridgehead atoms. The first kappa shape index (κ1) is 19.7. The van der Waals surface area contributed by atoms with E-state index in [9.17, 15) is 19.2 Å². The van der Waals surface area contributed by atoms with Gasteiger partial charge in [-0.3, -0.25) is 0 Å². The van der Waals surface area contributed by atoms with Crippen LogP contribution in [0, 0.1) is 0 Å². The van der Waals surface area contributed by atoms with E-state index >= 15 is 0 Å². The Morgan fingerprint density at radius 2 is 1.00 bits per heavy atom. The maximum absolute atomic E-state index is 11.9. The summed E-state index contributed by atoms with van der Waals surface area (Å²) >= 11 is 0. The number of rotatable bonds is 14. The predicted octanol–water partition coefficient (Wildman–Crippen LogP) is 2.64. The molecule has 0 aliphatic carbocycles. The molecule has 1 saturated heterocycles. The monoisotopic (exact) mass is 336 g/mol. The van der Waals surface area contributed by atoms with Crippen LogP contribution < -0.4 is 0 Å². The zero-order chi connectivity index (χ0) is 17.6. The van der Waals surface area contributed by atoms with E-state index in [0.717, 1.165) is 51.4 Å². The summed E-state index contributed by atoms with van der Waals surface area (Å²) in [5.41, 5.74) is 0. The topological polar surface area (TPSA) is 99.5 Å². The molecule has 1 fully saturated rings. The van der Waals surface area contributed by atoms with E-state index in [2.05, 4.69) is 9.98 Å². The normalized spacial score (nSPS) is 13.3. The van der Waals surface area contributed by atoms with Crippen molar-refractivity contribution >= 4 is 24.2 Å². The van der Waals surface area contributed by atoms with Crippen molar-refractivity contribution in [1.29, 1.82) is 0 Å². The number of aliphatic imine (C=N–C) groups is 2. The Morgan fingerprint density at radius 1 is 0.625 bits per heavy atom. The highest BCUT2D eigenvalue weighted by Gasteiger charge is 2.42. The summed E-state index contributed by atoms with van der Waals surface area (Å²) < 4.78 is 0. The molecular weight excluding hydrogens is 312 g/mol. The predicted molar refractivity (Wildman–Crippen MR) is 87.1 cm³/mol. The second-order valence-electron chi connectivity index (χ2n) is 5.64. The van der Waals surface area contributed by atoms with Crippen LogP contribution in [0.25, 0.3) is 0 Å². The quantitative estimate of drug-likeness (QED) is 0.276. The van der Waals surface area contributed by atoms with Gasteiger partial charge in [0.2, 0.25) is 12.2 Å². The Kier molecular flexibility index (Phi) is 10.0. The van der Waals surface area contributed by atoms with Crippen molar-refractivity contribution in [2.75, 3.05) is 26.2 Å². The molecule has 1 heterocycles. The van der Waals surface area contributed by atoms with Crippen molar-refractivity contribution < 1.29 is 19.2 Å². The Labute approximate surface area is 141 Å². The molecule has 0 saturated carbocycles. The van der Waals surface area contributed by atoms with E-state index in [1.807, 2.05) is 0 Å². The van der Waals surface area contributed by atoms with Gasteiger partial charge in [-0.1, -0.05) is 25.7 Å². The van der Waals surface area contributed by atoms with Crippen molar-refractivity contribution in [2.45, 2.75) is 51.4 Å². The van der Waals surface area contributed by atoms with E-state index in [0.29, 0.717) is 26.2 Å². The molecule has 0 aromatic rings. The summed E-state index contributed by atoms with van der Waals surface area (Å²) in [6.07, 6.45) is 9.81. The van der Waals surface area contributed by atoms with Gasteiger partial charge < -0.3 is 0 Å². The van der Waals surface area contributed by atoms with Gasteiger partial charge in [-0.2, -0.15) is 0 Å². The van der Waals surface area contributed by atoms with Gasteiger partial charge in [0.1, 0.15) is 0 Å². The second-order valence-corrected chi connectivity index (χ2v) is 5.64. The zero-order valence-electron chi connectivity index (χ0n) is 13.9. The van der Waals surface area contributed by atoms with Crippen molar-refractivity contribution in [3.05, 3.63) is 0 Å². The highest BCUT2D eigenvalue weighted by Crippen LogP contribution is 2.18. The molecule has 0 spiro atoms. The first-order chi connectivity index (χ1) is 11.7. The molecule has 1 aliphatic rings. The van der Waals surface area contributed by atoms with Crippen molar-refractivity contribution in [2.24, 2.45) is 9.98 Å².